The molecule has 0 radical (unpaired) electrons. The second kappa shape index (κ2) is 6.55. The van der Waals surface area contributed by atoms with Crippen molar-refractivity contribution in [3.05, 3.63) is 27.3 Å². The molecule has 0 spiro atoms. The minimum absolute atomic E-state index is 0.111. The van der Waals surface area contributed by atoms with Crippen molar-refractivity contribution >= 4 is 28.5 Å². The highest BCUT2D eigenvalue weighted by molar-refractivity contribution is 14.1. The molecule has 0 aromatic heterocycles. The lowest BCUT2D eigenvalue weighted by Crippen LogP contribution is -2.41. The standard InChI is InChI=1S/C17H24INO2/c1-12(2)21-15-11-13(5-6-14(15)18)16(20)19-9-7-17(3,4)8-10-19/h5-6,11-12H,7-10H2,1-4H3. The van der Waals surface area contributed by atoms with Gasteiger partial charge in [0.2, 0.25) is 0 Å². The number of halogens is 1. The molecule has 3 nitrogen and oxygen atoms in total. The summed E-state index contributed by atoms with van der Waals surface area (Å²) in [5.74, 6) is 0.921. The van der Waals surface area contributed by atoms with E-state index in [0.717, 1.165) is 40.8 Å². The molecule has 1 aromatic rings. The lowest BCUT2D eigenvalue weighted by atomic mass is 9.82. The molecule has 0 unspecified atom stereocenters. The highest BCUT2D eigenvalue weighted by atomic mass is 127. The van der Waals surface area contributed by atoms with Gasteiger partial charge in [-0.05, 0) is 72.9 Å². The van der Waals surface area contributed by atoms with Crippen LogP contribution in [0.4, 0.5) is 0 Å². The van der Waals surface area contributed by atoms with Gasteiger partial charge in [-0.25, -0.2) is 0 Å². The van der Waals surface area contributed by atoms with Gasteiger partial charge in [0.15, 0.2) is 0 Å². The molecule has 0 aliphatic carbocycles. The Morgan fingerprint density at radius 2 is 1.90 bits per heavy atom. The van der Waals surface area contributed by atoms with Crippen molar-refractivity contribution in [2.75, 3.05) is 13.1 Å². The van der Waals surface area contributed by atoms with Crippen molar-refractivity contribution in [1.29, 1.82) is 0 Å². The van der Waals surface area contributed by atoms with E-state index < -0.39 is 0 Å². The van der Waals surface area contributed by atoms with Gasteiger partial charge in [0.25, 0.3) is 5.91 Å². The lowest BCUT2D eigenvalue weighted by Gasteiger charge is -2.37. The summed E-state index contributed by atoms with van der Waals surface area (Å²) >= 11 is 2.24. The molecule has 1 aromatic carbocycles. The van der Waals surface area contributed by atoms with Crippen LogP contribution in [0.2, 0.25) is 0 Å². The van der Waals surface area contributed by atoms with E-state index in [2.05, 4.69) is 36.4 Å². The normalized spacial score (nSPS) is 17.9. The van der Waals surface area contributed by atoms with Crippen molar-refractivity contribution in [2.45, 2.75) is 46.6 Å². The number of benzene rings is 1. The van der Waals surface area contributed by atoms with Crippen LogP contribution in [0.1, 0.15) is 50.9 Å². The predicted octanol–water partition coefficient (Wildman–Crippen LogP) is 4.34. The van der Waals surface area contributed by atoms with E-state index in [1.807, 2.05) is 36.9 Å². The smallest absolute Gasteiger partial charge is 0.253 e. The third-order valence-corrected chi connectivity index (χ3v) is 4.84. The number of hydrogen-bond acceptors (Lipinski definition) is 2. The topological polar surface area (TPSA) is 29.5 Å². The summed E-state index contributed by atoms with van der Waals surface area (Å²) in [4.78, 5) is 14.6. The number of nitrogens with zero attached hydrogens (tertiary/aromatic N) is 1. The Labute approximate surface area is 141 Å². The van der Waals surface area contributed by atoms with Gasteiger partial charge < -0.3 is 9.64 Å². The second-order valence-corrected chi connectivity index (χ2v) is 7.93. The summed E-state index contributed by atoms with van der Waals surface area (Å²) in [5.41, 5.74) is 1.08. The van der Waals surface area contributed by atoms with Gasteiger partial charge in [-0.2, -0.15) is 0 Å². The average Bonchev–Trinajstić information content (AvgIpc) is 2.40. The Bertz CT molecular complexity index is 516. The minimum atomic E-state index is 0.111. The Morgan fingerprint density at radius 3 is 2.48 bits per heavy atom. The number of likely N-dealkylation sites (tertiary alicyclic amines) is 1. The van der Waals surface area contributed by atoms with Crippen LogP contribution in [0.5, 0.6) is 5.75 Å². The Hall–Kier alpha value is -0.780. The molecule has 0 N–H and O–H groups in total. The van der Waals surface area contributed by atoms with Gasteiger partial charge in [-0.15, -0.1) is 0 Å². The number of ether oxygens (including phenoxy) is 1. The van der Waals surface area contributed by atoms with E-state index >= 15 is 0 Å². The first-order chi connectivity index (χ1) is 9.78. The summed E-state index contributed by atoms with van der Waals surface area (Å²) in [6.07, 6.45) is 2.25. The van der Waals surface area contributed by atoms with E-state index in [1.165, 1.54) is 0 Å². The number of rotatable bonds is 3. The van der Waals surface area contributed by atoms with E-state index in [9.17, 15) is 4.79 Å². The number of amides is 1. The summed E-state index contributed by atoms with van der Waals surface area (Å²) < 4.78 is 6.82. The van der Waals surface area contributed by atoms with Crippen LogP contribution < -0.4 is 4.74 Å². The van der Waals surface area contributed by atoms with Crippen molar-refractivity contribution in [3.63, 3.8) is 0 Å². The quantitative estimate of drug-likeness (QED) is 0.706. The summed E-state index contributed by atoms with van der Waals surface area (Å²) in [6, 6.07) is 5.74. The van der Waals surface area contributed by atoms with E-state index in [4.69, 9.17) is 4.74 Å². The third kappa shape index (κ3) is 4.34. The molecule has 1 saturated heterocycles. The molecule has 116 valence electrons. The maximum atomic E-state index is 12.6. The van der Waals surface area contributed by atoms with Crippen molar-refractivity contribution < 1.29 is 9.53 Å². The fraction of sp³-hybridized carbons (Fsp3) is 0.588. The fourth-order valence-corrected chi connectivity index (χ4v) is 2.94. The average molecular weight is 401 g/mol. The first-order valence-electron chi connectivity index (χ1n) is 7.54. The van der Waals surface area contributed by atoms with E-state index in [-0.39, 0.29) is 12.0 Å². The minimum Gasteiger partial charge on any atom is -0.490 e. The van der Waals surface area contributed by atoms with Crippen molar-refractivity contribution in [3.8, 4) is 5.75 Å². The van der Waals surface area contributed by atoms with Crippen molar-refractivity contribution in [2.24, 2.45) is 5.41 Å². The van der Waals surface area contributed by atoms with Gasteiger partial charge in [-0.3, -0.25) is 4.79 Å². The molecule has 0 atom stereocenters. The molecule has 21 heavy (non-hydrogen) atoms. The van der Waals surface area contributed by atoms with Crippen LogP contribution in [0.15, 0.2) is 18.2 Å². The van der Waals surface area contributed by atoms with Crippen LogP contribution in [0, 0.1) is 8.99 Å². The van der Waals surface area contributed by atoms with Crippen molar-refractivity contribution in [1.82, 2.24) is 4.90 Å². The Morgan fingerprint density at radius 1 is 1.29 bits per heavy atom. The molecule has 1 aliphatic rings. The zero-order valence-corrected chi connectivity index (χ0v) is 15.4. The van der Waals surface area contributed by atoms with E-state index in [1.54, 1.807) is 0 Å². The molecular weight excluding hydrogens is 377 g/mol. The lowest BCUT2D eigenvalue weighted by molar-refractivity contribution is 0.0629. The molecule has 2 rings (SSSR count). The largest absolute Gasteiger partial charge is 0.490 e. The SMILES string of the molecule is CC(C)Oc1cc(C(=O)N2CCC(C)(C)CC2)ccc1I. The van der Waals surface area contributed by atoms with E-state index in [0.29, 0.717) is 5.41 Å². The summed E-state index contributed by atoms with van der Waals surface area (Å²) in [5, 5.41) is 0. The fourth-order valence-electron chi connectivity index (χ4n) is 2.48. The molecule has 0 saturated carbocycles. The number of piperidine rings is 1. The van der Waals surface area contributed by atoms with Gasteiger partial charge >= 0.3 is 0 Å². The van der Waals surface area contributed by atoms with Crippen LogP contribution in [-0.4, -0.2) is 30.0 Å². The molecule has 1 fully saturated rings. The molecule has 1 aliphatic heterocycles. The number of carbonyl (C=O) groups is 1. The molecule has 1 heterocycles. The number of hydrogen-bond donors (Lipinski definition) is 0. The Kier molecular flexibility index (Phi) is 5.17. The zero-order valence-electron chi connectivity index (χ0n) is 13.3. The van der Waals surface area contributed by atoms with Crippen LogP contribution in [0.25, 0.3) is 0 Å². The Balaban J connectivity index is 2.13. The van der Waals surface area contributed by atoms with Crippen LogP contribution in [0.3, 0.4) is 0 Å². The van der Waals surface area contributed by atoms with Gasteiger partial charge in [0.05, 0.1) is 9.67 Å². The van der Waals surface area contributed by atoms with Crippen LogP contribution >= 0.6 is 22.6 Å². The third-order valence-electron chi connectivity index (χ3n) is 3.95. The highest BCUT2D eigenvalue weighted by Gasteiger charge is 2.28. The summed E-state index contributed by atoms with van der Waals surface area (Å²) in [7, 11) is 0. The number of carbonyl (C=O) groups excluding carboxylic acids is 1. The zero-order chi connectivity index (χ0) is 15.6. The summed E-state index contributed by atoms with van der Waals surface area (Å²) in [6.45, 7) is 10.2. The first-order valence-corrected chi connectivity index (χ1v) is 8.62. The highest BCUT2D eigenvalue weighted by Crippen LogP contribution is 2.31. The monoisotopic (exact) mass is 401 g/mol. The maximum Gasteiger partial charge on any atom is 0.253 e. The molecule has 4 heteroatoms. The molecule has 0 bridgehead atoms. The van der Waals surface area contributed by atoms with Gasteiger partial charge in [0.1, 0.15) is 5.75 Å². The molecular formula is C17H24INO2. The van der Waals surface area contributed by atoms with Gasteiger partial charge in [0, 0.05) is 18.7 Å². The maximum absolute atomic E-state index is 12.6. The van der Waals surface area contributed by atoms with Gasteiger partial charge in [-0.1, -0.05) is 13.8 Å². The van der Waals surface area contributed by atoms with Crippen LogP contribution in [-0.2, 0) is 0 Å². The molecule has 1 amide bonds. The first kappa shape index (κ1) is 16.6. The predicted molar refractivity (Wildman–Crippen MR) is 93.8 cm³/mol. The second-order valence-electron chi connectivity index (χ2n) is 6.77.